The van der Waals surface area contributed by atoms with E-state index in [2.05, 4.69) is 4.99 Å². The summed E-state index contributed by atoms with van der Waals surface area (Å²) in [5.41, 5.74) is 5.72. The maximum atomic E-state index is 6.97. The van der Waals surface area contributed by atoms with Crippen LogP contribution in [0.25, 0.3) is 0 Å². The van der Waals surface area contributed by atoms with Crippen molar-refractivity contribution in [2.75, 3.05) is 6.54 Å². The van der Waals surface area contributed by atoms with Crippen LogP contribution in [0.2, 0.25) is 0 Å². The summed E-state index contributed by atoms with van der Waals surface area (Å²) >= 11 is 0. The van der Waals surface area contributed by atoms with Crippen molar-refractivity contribution in [3.8, 4) is 0 Å². The second-order valence-corrected chi connectivity index (χ2v) is 1.56. The summed E-state index contributed by atoms with van der Waals surface area (Å²) in [5, 5.41) is 13.8. The zero-order valence-electron chi connectivity index (χ0n) is 4.23. The molecule has 0 bridgehead atoms. The van der Waals surface area contributed by atoms with E-state index in [1.807, 2.05) is 0 Å². The van der Waals surface area contributed by atoms with E-state index < -0.39 is 0 Å². The van der Waals surface area contributed by atoms with Crippen molar-refractivity contribution in [2.24, 2.45) is 10.7 Å². The fourth-order valence-electron chi connectivity index (χ4n) is 0.485. The molecule has 0 radical (unpaired) electrons. The van der Waals surface area contributed by atoms with Crippen LogP contribution in [0.3, 0.4) is 0 Å². The normalized spacial score (nSPS) is 17.0. The van der Waals surface area contributed by atoms with E-state index in [0.717, 1.165) is 0 Å². The van der Waals surface area contributed by atoms with Crippen LogP contribution in [-0.2, 0) is 0 Å². The van der Waals surface area contributed by atoms with E-state index in [1.165, 1.54) is 0 Å². The third-order valence-corrected chi connectivity index (χ3v) is 0.936. The van der Waals surface area contributed by atoms with E-state index in [9.17, 15) is 0 Å². The van der Waals surface area contributed by atoms with Gasteiger partial charge in [-0.05, 0) is 0 Å². The lowest BCUT2D eigenvalue weighted by molar-refractivity contribution is 1.22. The van der Waals surface area contributed by atoms with Crippen molar-refractivity contribution in [3.63, 3.8) is 0 Å². The van der Waals surface area contributed by atoms with Gasteiger partial charge < -0.3 is 11.1 Å². The second kappa shape index (κ2) is 1.40. The quantitative estimate of drug-likeness (QED) is 0.305. The number of nitrogens with two attached hydrogens (primary N) is 1. The van der Waals surface area contributed by atoms with Crippen LogP contribution in [0.4, 0.5) is 0 Å². The van der Waals surface area contributed by atoms with Gasteiger partial charge in [0.15, 0.2) is 0 Å². The third kappa shape index (κ3) is 0.501. The highest BCUT2D eigenvalue weighted by molar-refractivity contribution is 6.70. The minimum atomic E-state index is -0.0961. The molecular formula is C4H6N4. The topological polar surface area (TPSA) is 86.1 Å². The van der Waals surface area contributed by atoms with Crippen LogP contribution in [0.1, 0.15) is 0 Å². The van der Waals surface area contributed by atoms with Gasteiger partial charge in [0, 0.05) is 0 Å². The maximum Gasteiger partial charge on any atom is 0.143 e. The third-order valence-electron chi connectivity index (χ3n) is 0.936. The fraction of sp³-hybridized carbons (Fsp3) is 0.250. The number of hydrogen-bond acceptors (Lipinski definition) is 3. The number of nitrogens with one attached hydrogen (secondary N) is 2. The molecular weight excluding hydrogens is 104 g/mol. The molecule has 1 heterocycles. The summed E-state index contributed by atoms with van der Waals surface area (Å²) in [4.78, 5) is 3.69. The highest BCUT2D eigenvalue weighted by Crippen LogP contribution is 1.94. The molecule has 0 unspecified atom stereocenters. The molecule has 1 rings (SSSR count). The van der Waals surface area contributed by atoms with Gasteiger partial charge in [-0.3, -0.25) is 10.4 Å². The van der Waals surface area contributed by atoms with E-state index in [4.69, 9.17) is 16.6 Å². The maximum absolute atomic E-state index is 6.97. The summed E-state index contributed by atoms with van der Waals surface area (Å²) in [7, 11) is 0. The number of rotatable bonds is 1. The Kier molecular flexibility index (Phi) is 0.865. The Morgan fingerprint density at radius 1 is 1.75 bits per heavy atom. The molecule has 1 aliphatic rings. The summed E-state index contributed by atoms with van der Waals surface area (Å²) < 4.78 is 0. The van der Waals surface area contributed by atoms with Gasteiger partial charge in [0.25, 0.3) is 0 Å². The molecule has 0 saturated heterocycles. The van der Waals surface area contributed by atoms with Gasteiger partial charge in [-0.15, -0.1) is 0 Å². The largest absolute Gasteiger partial charge is 0.382 e. The number of nitrogens with zero attached hydrogens (tertiary/aromatic N) is 1. The van der Waals surface area contributed by atoms with E-state index in [1.54, 1.807) is 0 Å². The lowest BCUT2D eigenvalue weighted by Crippen LogP contribution is -2.38. The lowest BCUT2D eigenvalue weighted by Gasteiger charge is -2.11. The standard InChI is InChI=1S/C4H6N4/c5-2-1-8-3(2)4(6)7/h5H,1H2,(H3,6,7). The Morgan fingerprint density at radius 2 is 2.38 bits per heavy atom. The molecule has 4 heteroatoms. The molecule has 42 valence electrons. The predicted molar refractivity (Wildman–Crippen MR) is 31.9 cm³/mol. The molecule has 0 fully saturated rings. The molecule has 0 aromatic carbocycles. The smallest absolute Gasteiger partial charge is 0.143 e. The predicted octanol–water partition coefficient (Wildman–Crippen LogP) is -0.603. The van der Waals surface area contributed by atoms with Crippen molar-refractivity contribution in [3.05, 3.63) is 0 Å². The minimum Gasteiger partial charge on any atom is -0.382 e. The monoisotopic (exact) mass is 110 g/mol. The van der Waals surface area contributed by atoms with Crippen LogP contribution >= 0.6 is 0 Å². The molecule has 8 heavy (non-hydrogen) atoms. The number of hydrogen-bond donors (Lipinski definition) is 3. The van der Waals surface area contributed by atoms with Gasteiger partial charge in [0.1, 0.15) is 11.5 Å². The fourth-order valence-corrected chi connectivity index (χ4v) is 0.485. The molecule has 0 aromatic heterocycles. The highest BCUT2D eigenvalue weighted by atomic mass is 14.9. The average molecular weight is 110 g/mol. The Labute approximate surface area is 46.4 Å². The van der Waals surface area contributed by atoms with Gasteiger partial charge in [-0.2, -0.15) is 0 Å². The second-order valence-electron chi connectivity index (χ2n) is 1.56. The first kappa shape index (κ1) is 4.96. The van der Waals surface area contributed by atoms with Crippen molar-refractivity contribution in [2.45, 2.75) is 0 Å². The zero-order valence-corrected chi connectivity index (χ0v) is 4.23. The van der Waals surface area contributed by atoms with E-state index in [0.29, 0.717) is 18.0 Å². The van der Waals surface area contributed by atoms with E-state index in [-0.39, 0.29) is 5.84 Å². The molecule has 4 N–H and O–H groups in total. The van der Waals surface area contributed by atoms with Gasteiger partial charge >= 0.3 is 0 Å². The van der Waals surface area contributed by atoms with E-state index >= 15 is 0 Å². The Bertz CT molecular complexity index is 178. The zero-order chi connectivity index (χ0) is 6.15. The first-order chi connectivity index (χ1) is 3.72. The number of aliphatic imine (C=N–C) groups is 1. The lowest BCUT2D eigenvalue weighted by atomic mass is 10.1. The Hall–Kier alpha value is -1.19. The van der Waals surface area contributed by atoms with Crippen molar-refractivity contribution in [1.82, 2.24) is 0 Å². The SMILES string of the molecule is N=C(N)C1=NCC1=N. The Morgan fingerprint density at radius 3 is 2.38 bits per heavy atom. The molecule has 0 aromatic rings. The van der Waals surface area contributed by atoms with Crippen LogP contribution in [-0.4, -0.2) is 23.8 Å². The summed E-state index contributed by atoms with van der Waals surface area (Å²) in [5.74, 6) is -0.0961. The van der Waals surface area contributed by atoms with Crippen LogP contribution in [0.5, 0.6) is 0 Å². The van der Waals surface area contributed by atoms with Crippen molar-refractivity contribution in [1.29, 1.82) is 10.8 Å². The molecule has 0 aliphatic carbocycles. The van der Waals surface area contributed by atoms with Gasteiger partial charge in [0.05, 0.1) is 12.3 Å². The van der Waals surface area contributed by atoms with Gasteiger partial charge in [-0.25, -0.2) is 0 Å². The molecule has 0 amide bonds. The summed E-state index contributed by atoms with van der Waals surface area (Å²) in [6.07, 6.45) is 0. The molecule has 4 nitrogen and oxygen atoms in total. The van der Waals surface area contributed by atoms with Crippen molar-refractivity contribution >= 4 is 17.3 Å². The molecule has 0 atom stereocenters. The average Bonchev–Trinajstić information content (AvgIpc) is 1.61. The van der Waals surface area contributed by atoms with Gasteiger partial charge in [-0.1, -0.05) is 0 Å². The molecule has 0 spiro atoms. The van der Waals surface area contributed by atoms with Crippen LogP contribution < -0.4 is 5.73 Å². The highest BCUT2D eigenvalue weighted by Gasteiger charge is 2.16. The first-order valence-electron chi connectivity index (χ1n) is 2.18. The van der Waals surface area contributed by atoms with Crippen molar-refractivity contribution < 1.29 is 0 Å². The Balaban J connectivity index is 2.76. The molecule has 0 saturated carbocycles. The molecule has 1 aliphatic heterocycles. The first-order valence-corrected chi connectivity index (χ1v) is 2.18. The van der Waals surface area contributed by atoms with Gasteiger partial charge in [0.2, 0.25) is 0 Å². The minimum absolute atomic E-state index is 0.0961. The number of amidine groups is 1. The van der Waals surface area contributed by atoms with Crippen LogP contribution in [0, 0.1) is 10.8 Å². The summed E-state index contributed by atoms with van der Waals surface area (Å²) in [6.45, 7) is 0.426. The van der Waals surface area contributed by atoms with Crippen LogP contribution in [0.15, 0.2) is 4.99 Å². The summed E-state index contributed by atoms with van der Waals surface area (Å²) in [6, 6.07) is 0.